The topological polar surface area (TPSA) is 57.2 Å². The first-order valence-corrected chi connectivity index (χ1v) is 7.77. The molecule has 0 aliphatic heterocycles. The Hall–Kier alpha value is -2.88. The van der Waals surface area contributed by atoms with Crippen LogP contribution in [0.25, 0.3) is 10.9 Å². The molecule has 4 heteroatoms. The lowest BCUT2D eigenvalue weighted by Crippen LogP contribution is -2.20. The summed E-state index contributed by atoms with van der Waals surface area (Å²) < 4.78 is 0. The number of hydrazone groups is 1. The number of carbonyl (C=O) groups is 1. The maximum Gasteiger partial charge on any atom is 0.243 e. The van der Waals surface area contributed by atoms with Crippen molar-refractivity contribution in [2.24, 2.45) is 11.0 Å². The molecule has 1 saturated carbocycles. The first kappa shape index (κ1) is 13.8. The van der Waals surface area contributed by atoms with Crippen LogP contribution < -0.4 is 5.43 Å². The molecule has 1 heterocycles. The molecule has 3 aromatic rings. The summed E-state index contributed by atoms with van der Waals surface area (Å²) in [6, 6.07) is 18.2. The molecule has 114 valence electrons. The summed E-state index contributed by atoms with van der Waals surface area (Å²) in [7, 11) is 0. The van der Waals surface area contributed by atoms with E-state index in [-0.39, 0.29) is 11.8 Å². The minimum Gasteiger partial charge on any atom is -0.361 e. The van der Waals surface area contributed by atoms with Gasteiger partial charge < -0.3 is 4.98 Å². The number of nitrogens with one attached hydrogen (secondary N) is 2. The zero-order valence-electron chi connectivity index (χ0n) is 12.6. The third-order valence-corrected chi connectivity index (χ3v) is 4.35. The Morgan fingerprint density at radius 2 is 1.91 bits per heavy atom. The van der Waals surface area contributed by atoms with Crippen molar-refractivity contribution in [3.63, 3.8) is 0 Å². The van der Waals surface area contributed by atoms with Crippen LogP contribution >= 0.6 is 0 Å². The molecule has 1 fully saturated rings. The quantitative estimate of drug-likeness (QED) is 0.563. The van der Waals surface area contributed by atoms with Crippen molar-refractivity contribution in [3.8, 4) is 0 Å². The maximum atomic E-state index is 12.1. The van der Waals surface area contributed by atoms with Gasteiger partial charge in [-0.05, 0) is 24.0 Å². The summed E-state index contributed by atoms with van der Waals surface area (Å²) in [6.45, 7) is 0. The number of aromatic amines is 1. The van der Waals surface area contributed by atoms with E-state index in [0.29, 0.717) is 5.92 Å². The Morgan fingerprint density at radius 3 is 2.78 bits per heavy atom. The first-order chi connectivity index (χ1) is 11.3. The minimum absolute atomic E-state index is 0.00468. The smallest absolute Gasteiger partial charge is 0.243 e. The Labute approximate surface area is 134 Å². The molecular weight excluding hydrogens is 286 g/mol. The molecule has 0 bridgehead atoms. The van der Waals surface area contributed by atoms with Crippen LogP contribution in [0.5, 0.6) is 0 Å². The molecule has 2 aromatic carbocycles. The van der Waals surface area contributed by atoms with Crippen LogP contribution in [0.4, 0.5) is 0 Å². The highest BCUT2D eigenvalue weighted by Crippen LogP contribution is 2.47. The number of amides is 1. The highest BCUT2D eigenvalue weighted by atomic mass is 16.2. The van der Waals surface area contributed by atoms with Crippen LogP contribution in [0.3, 0.4) is 0 Å². The molecule has 1 aliphatic rings. The molecule has 4 nitrogen and oxygen atoms in total. The highest BCUT2D eigenvalue weighted by molar-refractivity contribution is 5.99. The van der Waals surface area contributed by atoms with Crippen molar-refractivity contribution in [1.29, 1.82) is 0 Å². The van der Waals surface area contributed by atoms with Gasteiger partial charge in [-0.15, -0.1) is 0 Å². The van der Waals surface area contributed by atoms with Crippen LogP contribution in [-0.4, -0.2) is 17.1 Å². The molecule has 0 saturated heterocycles. The third-order valence-electron chi connectivity index (χ3n) is 4.35. The van der Waals surface area contributed by atoms with E-state index < -0.39 is 0 Å². The van der Waals surface area contributed by atoms with E-state index in [2.05, 4.69) is 27.6 Å². The van der Waals surface area contributed by atoms with E-state index in [1.807, 2.05) is 48.7 Å². The van der Waals surface area contributed by atoms with Gasteiger partial charge in [-0.2, -0.15) is 5.10 Å². The number of benzene rings is 2. The molecule has 0 spiro atoms. The highest BCUT2D eigenvalue weighted by Gasteiger charge is 2.43. The van der Waals surface area contributed by atoms with Gasteiger partial charge in [-0.3, -0.25) is 4.79 Å². The zero-order chi connectivity index (χ0) is 15.6. The monoisotopic (exact) mass is 303 g/mol. The summed E-state index contributed by atoms with van der Waals surface area (Å²) >= 11 is 0. The second kappa shape index (κ2) is 5.72. The average Bonchev–Trinajstić information content (AvgIpc) is 3.31. The predicted molar refractivity (Wildman–Crippen MR) is 91.3 cm³/mol. The van der Waals surface area contributed by atoms with Gasteiger partial charge in [0.25, 0.3) is 0 Å². The number of nitrogens with zero attached hydrogens (tertiary/aromatic N) is 1. The fourth-order valence-corrected chi connectivity index (χ4v) is 3.00. The number of hydrogen-bond donors (Lipinski definition) is 2. The van der Waals surface area contributed by atoms with E-state index in [1.54, 1.807) is 6.21 Å². The standard InChI is InChI=1S/C19H17N3O/c23-19(17-10-16(17)13-6-2-1-3-7-13)22-21-12-14-11-20-18-9-5-4-8-15(14)18/h1-9,11-12,16-17,20H,10H2,(H,22,23)/b21-12-. The van der Waals surface area contributed by atoms with Gasteiger partial charge in [0.05, 0.1) is 6.21 Å². The normalized spacial score (nSPS) is 20.0. The second-order valence-corrected chi connectivity index (χ2v) is 5.88. The van der Waals surface area contributed by atoms with Crippen LogP contribution in [-0.2, 0) is 4.79 Å². The van der Waals surface area contributed by atoms with E-state index in [1.165, 1.54) is 5.56 Å². The van der Waals surface area contributed by atoms with Gasteiger partial charge in [0, 0.05) is 28.6 Å². The number of H-pyrrole nitrogens is 1. The van der Waals surface area contributed by atoms with Gasteiger partial charge >= 0.3 is 0 Å². The predicted octanol–water partition coefficient (Wildman–Crippen LogP) is 3.42. The summed E-state index contributed by atoms with van der Waals surface area (Å²) in [5.74, 6) is 0.368. The van der Waals surface area contributed by atoms with Crippen LogP contribution in [0.2, 0.25) is 0 Å². The maximum absolute atomic E-state index is 12.1. The Kier molecular flexibility index (Phi) is 3.42. The van der Waals surface area contributed by atoms with Gasteiger partial charge in [-0.1, -0.05) is 48.5 Å². The summed E-state index contributed by atoms with van der Waals surface area (Å²) in [5, 5.41) is 5.21. The third kappa shape index (κ3) is 2.75. The van der Waals surface area contributed by atoms with Gasteiger partial charge in [0.15, 0.2) is 0 Å². The van der Waals surface area contributed by atoms with Crippen LogP contribution in [0.15, 0.2) is 65.9 Å². The summed E-state index contributed by atoms with van der Waals surface area (Å²) in [4.78, 5) is 15.3. The molecule has 2 N–H and O–H groups in total. The van der Waals surface area contributed by atoms with Crippen molar-refractivity contribution in [3.05, 3.63) is 71.9 Å². The van der Waals surface area contributed by atoms with Gasteiger partial charge in [0.2, 0.25) is 5.91 Å². The van der Waals surface area contributed by atoms with Crippen LogP contribution in [0, 0.1) is 5.92 Å². The molecule has 1 aliphatic carbocycles. The van der Waals surface area contributed by atoms with E-state index in [4.69, 9.17) is 0 Å². The van der Waals surface area contributed by atoms with Crippen molar-refractivity contribution in [2.75, 3.05) is 0 Å². The van der Waals surface area contributed by atoms with Gasteiger partial charge in [0.1, 0.15) is 0 Å². The van der Waals surface area contributed by atoms with Gasteiger partial charge in [-0.25, -0.2) is 5.43 Å². The lowest BCUT2D eigenvalue weighted by atomic mass is 10.1. The molecule has 0 radical (unpaired) electrons. The Bertz CT molecular complexity index is 866. The lowest BCUT2D eigenvalue weighted by molar-refractivity contribution is -0.122. The minimum atomic E-state index is -0.00468. The Morgan fingerprint density at radius 1 is 1.13 bits per heavy atom. The summed E-state index contributed by atoms with van der Waals surface area (Å²) in [5.41, 5.74) is 5.92. The SMILES string of the molecule is O=C(N/N=C\c1c[nH]c2ccccc12)C1CC1c1ccccc1. The number of fused-ring (bicyclic) bond motifs is 1. The van der Waals surface area contributed by atoms with Crippen molar-refractivity contribution in [2.45, 2.75) is 12.3 Å². The van der Waals surface area contributed by atoms with Crippen molar-refractivity contribution in [1.82, 2.24) is 10.4 Å². The molecule has 2 unspecified atom stereocenters. The molecule has 23 heavy (non-hydrogen) atoms. The van der Waals surface area contributed by atoms with E-state index >= 15 is 0 Å². The Balaban J connectivity index is 1.39. The molecule has 1 amide bonds. The summed E-state index contributed by atoms with van der Waals surface area (Å²) in [6.07, 6.45) is 4.49. The lowest BCUT2D eigenvalue weighted by Gasteiger charge is -1.99. The molecular formula is C19H17N3O. The largest absolute Gasteiger partial charge is 0.361 e. The van der Waals surface area contributed by atoms with E-state index in [0.717, 1.165) is 22.9 Å². The zero-order valence-corrected chi connectivity index (χ0v) is 12.6. The number of aromatic nitrogens is 1. The average molecular weight is 303 g/mol. The fourth-order valence-electron chi connectivity index (χ4n) is 3.00. The number of rotatable bonds is 4. The molecule has 4 rings (SSSR count). The molecule has 2 atom stereocenters. The van der Waals surface area contributed by atoms with Crippen molar-refractivity contribution < 1.29 is 4.79 Å². The number of hydrogen-bond acceptors (Lipinski definition) is 2. The van der Waals surface area contributed by atoms with Crippen molar-refractivity contribution >= 4 is 23.0 Å². The first-order valence-electron chi connectivity index (χ1n) is 7.77. The second-order valence-electron chi connectivity index (χ2n) is 5.88. The number of para-hydroxylation sites is 1. The van der Waals surface area contributed by atoms with E-state index in [9.17, 15) is 4.79 Å². The fraction of sp³-hybridized carbons (Fsp3) is 0.158. The molecule has 1 aromatic heterocycles. The van der Waals surface area contributed by atoms with Crippen LogP contribution in [0.1, 0.15) is 23.5 Å². The number of carbonyl (C=O) groups excluding carboxylic acids is 1.